The van der Waals surface area contributed by atoms with Crippen molar-refractivity contribution in [1.29, 1.82) is 0 Å². The Morgan fingerprint density at radius 1 is 1.12 bits per heavy atom. The third kappa shape index (κ3) is 4.17. The lowest BCUT2D eigenvalue weighted by Crippen LogP contribution is -2.27. The van der Waals surface area contributed by atoms with E-state index in [0.29, 0.717) is 29.5 Å². The molecule has 0 saturated heterocycles. The molecule has 3 rings (SSSR count). The smallest absolute Gasteiger partial charge is 0.270 e. The Balaban J connectivity index is 1.96. The second-order valence-corrected chi connectivity index (χ2v) is 6.61. The fourth-order valence-corrected chi connectivity index (χ4v) is 2.64. The molecule has 0 aliphatic rings. The summed E-state index contributed by atoms with van der Waals surface area (Å²) in [5, 5.41) is 7.52. The van der Waals surface area contributed by atoms with E-state index in [2.05, 4.69) is 24.3 Å². The fourth-order valence-electron chi connectivity index (χ4n) is 2.64. The molecule has 1 N–H and O–H groups in total. The second kappa shape index (κ2) is 7.95. The number of benzene rings is 2. The zero-order valence-electron chi connectivity index (χ0n) is 14.9. The molecule has 2 aromatic carbocycles. The van der Waals surface area contributed by atoms with Gasteiger partial charge in [0.1, 0.15) is 11.5 Å². The van der Waals surface area contributed by atoms with Crippen molar-refractivity contribution in [2.75, 3.05) is 6.54 Å². The van der Waals surface area contributed by atoms with E-state index in [-0.39, 0.29) is 11.7 Å². The molecule has 134 valence electrons. The van der Waals surface area contributed by atoms with Crippen LogP contribution in [0.2, 0.25) is 0 Å². The number of nitrogens with zero attached hydrogens (tertiary/aromatic N) is 2. The average molecular weight is 351 g/mol. The average Bonchev–Trinajstić information content (AvgIpc) is 3.08. The van der Waals surface area contributed by atoms with Crippen LogP contribution in [0.25, 0.3) is 16.9 Å². The van der Waals surface area contributed by atoms with E-state index in [1.54, 1.807) is 22.9 Å². The minimum absolute atomic E-state index is 0.190. The Hall–Kier alpha value is -2.95. The summed E-state index contributed by atoms with van der Waals surface area (Å²) >= 11 is 0. The predicted molar refractivity (Wildman–Crippen MR) is 101 cm³/mol. The van der Waals surface area contributed by atoms with Crippen LogP contribution < -0.4 is 5.32 Å². The molecule has 0 fully saturated rings. The van der Waals surface area contributed by atoms with Gasteiger partial charge in [0.05, 0.1) is 11.4 Å². The van der Waals surface area contributed by atoms with Crippen molar-refractivity contribution >= 4 is 5.91 Å². The van der Waals surface area contributed by atoms with Crippen molar-refractivity contribution in [2.45, 2.75) is 20.3 Å². The van der Waals surface area contributed by atoms with E-state index >= 15 is 0 Å². The van der Waals surface area contributed by atoms with Gasteiger partial charge in [0.25, 0.3) is 5.91 Å². The number of hydrogen-bond donors (Lipinski definition) is 1. The van der Waals surface area contributed by atoms with E-state index < -0.39 is 0 Å². The highest BCUT2D eigenvalue weighted by atomic mass is 19.1. The van der Waals surface area contributed by atoms with Gasteiger partial charge in [-0.05, 0) is 42.7 Å². The van der Waals surface area contributed by atoms with Gasteiger partial charge in [-0.25, -0.2) is 9.07 Å². The third-order valence-electron chi connectivity index (χ3n) is 4.09. The highest BCUT2D eigenvalue weighted by Crippen LogP contribution is 2.22. The summed E-state index contributed by atoms with van der Waals surface area (Å²) in [4.78, 5) is 12.7. The molecule has 4 nitrogen and oxygen atoms in total. The van der Waals surface area contributed by atoms with E-state index in [0.717, 1.165) is 12.0 Å². The number of halogens is 1. The number of aromatic nitrogens is 2. The summed E-state index contributed by atoms with van der Waals surface area (Å²) in [6.07, 6.45) is 0.905. The van der Waals surface area contributed by atoms with Crippen molar-refractivity contribution in [3.05, 3.63) is 72.2 Å². The third-order valence-corrected chi connectivity index (χ3v) is 4.09. The molecule has 0 aliphatic carbocycles. The largest absolute Gasteiger partial charge is 0.351 e. The summed E-state index contributed by atoms with van der Waals surface area (Å²) in [7, 11) is 0. The van der Waals surface area contributed by atoms with Crippen LogP contribution in [0.1, 0.15) is 30.8 Å². The van der Waals surface area contributed by atoms with Crippen LogP contribution in [-0.2, 0) is 0 Å². The van der Waals surface area contributed by atoms with Crippen LogP contribution >= 0.6 is 0 Å². The molecule has 1 aromatic heterocycles. The molecule has 0 bridgehead atoms. The van der Waals surface area contributed by atoms with Crippen LogP contribution in [0, 0.1) is 11.7 Å². The zero-order chi connectivity index (χ0) is 18.5. The SMILES string of the molecule is CC(C)CCNC(=O)c1cc(-c2ccccc2)nn1-c1ccc(F)cc1. The van der Waals surface area contributed by atoms with Crippen molar-refractivity contribution in [1.82, 2.24) is 15.1 Å². The summed E-state index contributed by atoms with van der Waals surface area (Å²) < 4.78 is 14.8. The number of carbonyl (C=O) groups is 1. The Bertz CT molecular complexity index is 870. The van der Waals surface area contributed by atoms with Gasteiger partial charge in [0.2, 0.25) is 0 Å². The standard InChI is InChI=1S/C21H22FN3O/c1-15(2)12-13-23-21(26)20-14-19(16-6-4-3-5-7-16)24-25(20)18-10-8-17(22)9-11-18/h3-11,14-15H,12-13H2,1-2H3,(H,23,26). The molecule has 1 amide bonds. The topological polar surface area (TPSA) is 46.9 Å². The molecule has 5 heteroatoms. The Labute approximate surface area is 152 Å². The lowest BCUT2D eigenvalue weighted by Gasteiger charge is -2.09. The van der Waals surface area contributed by atoms with Gasteiger partial charge >= 0.3 is 0 Å². The molecule has 0 saturated carbocycles. The van der Waals surface area contributed by atoms with Crippen molar-refractivity contribution in [2.24, 2.45) is 5.92 Å². The molecule has 0 atom stereocenters. The van der Waals surface area contributed by atoms with E-state index in [4.69, 9.17) is 0 Å². The molecule has 0 spiro atoms. The van der Waals surface area contributed by atoms with Gasteiger partial charge in [-0.15, -0.1) is 0 Å². The van der Waals surface area contributed by atoms with Gasteiger partial charge in [0.15, 0.2) is 0 Å². The van der Waals surface area contributed by atoms with E-state index in [1.807, 2.05) is 30.3 Å². The maximum Gasteiger partial charge on any atom is 0.270 e. The van der Waals surface area contributed by atoms with Gasteiger partial charge in [-0.1, -0.05) is 44.2 Å². The summed E-state index contributed by atoms with van der Waals surface area (Å²) in [6.45, 7) is 4.83. The Morgan fingerprint density at radius 2 is 1.81 bits per heavy atom. The van der Waals surface area contributed by atoms with Crippen LogP contribution in [0.4, 0.5) is 4.39 Å². The summed E-state index contributed by atoms with van der Waals surface area (Å²) in [5.74, 6) is -0.00558. The maximum atomic E-state index is 13.3. The molecule has 0 radical (unpaired) electrons. The number of carbonyl (C=O) groups excluding carboxylic acids is 1. The number of rotatable bonds is 6. The highest BCUT2D eigenvalue weighted by Gasteiger charge is 2.17. The number of amides is 1. The maximum absolute atomic E-state index is 13.3. The summed E-state index contributed by atoms with van der Waals surface area (Å²) in [5.41, 5.74) is 2.69. The lowest BCUT2D eigenvalue weighted by molar-refractivity contribution is 0.0944. The molecular formula is C21H22FN3O. The number of nitrogens with one attached hydrogen (secondary N) is 1. The predicted octanol–water partition coefficient (Wildman–Crippen LogP) is 4.45. The second-order valence-electron chi connectivity index (χ2n) is 6.61. The molecule has 1 heterocycles. The van der Waals surface area contributed by atoms with E-state index in [1.165, 1.54) is 12.1 Å². The minimum Gasteiger partial charge on any atom is -0.351 e. The first-order valence-electron chi connectivity index (χ1n) is 8.74. The quantitative estimate of drug-likeness (QED) is 0.713. The highest BCUT2D eigenvalue weighted by molar-refractivity contribution is 5.94. The van der Waals surface area contributed by atoms with E-state index in [9.17, 15) is 9.18 Å². The minimum atomic E-state index is -0.327. The fraction of sp³-hybridized carbons (Fsp3) is 0.238. The normalized spacial score (nSPS) is 10.9. The molecule has 3 aromatic rings. The van der Waals surface area contributed by atoms with Crippen LogP contribution in [0.3, 0.4) is 0 Å². The van der Waals surface area contributed by atoms with Crippen LogP contribution in [0.15, 0.2) is 60.7 Å². The first-order chi connectivity index (χ1) is 12.5. The van der Waals surface area contributed by atoms with Crippen molar-refractivity contribution in [3.63, 3.8) is 0 Å². The van der Waals surface area contributed by atoms with Gasteiger partial charge in [-0.3, -0.25) is 4.79 Å². The molecule has 0 aliphatic heterocycles. The molecule has 0 unspecified atom stereocenters. The van der Waals surface area contributed by atoms with Gasteiger partial charge in [0, 0.05) is 12.1 Å². The van der Waals surface area contributed by atoms with Crippen molar-refractivity contribution in [3.8, 4) is 16.9 Å². The lowest BCUT2D eigenvalue weighted by atomic mass is 10.1. The first-order valence-corrected chi connectivity index (χ1v) is 8.74. The van der Waals surface area contributed by atoms with Crippen molar-refractivity contribution < 1.29 is 9.18 Å². The Kier molecular flexibility index (Phi) is 5.46. The van der Waals surface area contributed by atoms with Gasteiger partial charge in [-0.2, -0.15) is 5.10 Å². The molecule has 26 heavy (non-hydrogen) atoms. The Morgan fingerprint density at radius 3 is 2.46 bits per heavy atom. The molecular weight excluding hydrogens is 329 g/mol. The zero-order valence-corrected chi connectivity index (χ0v) is 14.9. The monoisotopic (exact) mass is 351 g/mol. The van der Waals surface area contributed by atoms with Crippen LogP contribution in [0.5, 0.6) is 0 Å². The summed E-state index contributed by atoms with van der Waals surface area (Å²) in [6, 6.07) is 17.4. The number of hydrogen-bond acceptors (Lipinski definition) is 2. The first kappa shape index (κ1) is 17.9. The van der Waals surface area contributed by atoms with Crippen LogP contribution in [-0.4, -0.2) is 22.2 Å². The van der Waals surface area contributed by atoms with Gasteiger partial charge < -0.3 is 5.32 Å².